The van der Waals surface area contributed by atoms with Gasteiger partial charge in [-0.25, -0.2) is 0 Å². The van der Waals surface area contributed by atoms with Gasteiger partial charge in [-0.05, 0) is 45.7 Å². The quantitative estimate of drug-likeness (QED) is 0.592. The predicted octanol–water partition coefficient (Wildman–Crippen LogP) is 2.52. The van der Waals surface area contributed by atoms with Crippen LogP contribution in [0.15, 0.2) is 0 Å². The molecule has 1 heterocycles. The molecule has 0 aliphatic carbocycles. The summed E-state index contributed by atoms with van der Waals surface area (Å²) in [5, 5.41) is 0. The molecule has 66 valence electrons. The Kier molecular flexibility index (Phi) is 2.58. The van der Waals surface area contributed by atoms with Crippen LogP contribution >= 0.6 is 0 Å². The Balaban J connectivity index is 2.55. The summed E-state index contributed by atoms with van der Waals surface area (Å²) in [5.74, 6) is 0.764. The van der Waals surface area contributed by atoms with Crippen molar-refractivity contribution in [1.29, 1.82) is 0 Å². The molecule has 1 fully saturated rings. The molecule has 0 aromatic heterocycles. The molecule has 1 nitrogen and oxygen atoms in total. The van der Waals surface area contributed by atoms with Gasteiger partial charge in [0.2, 0.25) is 0 Å². The molecule has 0 bridgehead atoms. The van der Waals surface area contributed by atoms with Crippen molar-refractivity contribution in [1.82, 2.24) is 4.90 Å². The summed E-state index contributed by atoms with van der Waals surface area (Å²) in [6.45, 7) is 12.0. The maximum absolute atomic E-state index is 2.62. The number of likely N-dealkylation sites (tertiary alicyclic amines) is 1. The highest BCUT2D eigenvalue weighted by Crippen LogP contribution is 2.27. The SMILES string of the molecule is CC(C)C(C)(C)N1CCCC1. The maximum Gasteiger partial charge on any atom is 0.0176 e. The van der Waals surface area contributed by atoms with Gasteiger partial charge >= 0.3 is 0 Å². The van der Waals surface area contributed by atoms with E-state index in [2.05, 4.69) is 32.6 Å². The third kappa shape index (κ3) is 1.76. The molecule has 0 radical (unpaired) electrons. The van der Waals surface area contributed by atoms with E-state index >= 15 is 0 Å². The fourth-order valence-electron chi connectivity index (χ4n) is 1.66. The maximum atomic E-state index is 2.62. The van der Waals surface area contributed by atoms with Crippen LogP contribution in [0.1, 0.15) is 40.5 Å². The van der Waals surface area contributed by atoms with Crippen LogP contribution in [-0.4, -0.2) is 23.5 Å². The van der Waals surface area contributed by atoms with Gasteiger partial charge in [-0.15, -0.1) is 0 Å². The Hall–Kier alpha value is -0.0400. The molecule has 0 aromatic rings. The van der Waals surface area contributed by atoms with Gasteiger partial charge < -0.3 is 0 Å². The number of rotatable bonds is 2. The number of hydrogen-bond acceptors (Lipinski definition) is 1. The van der Waals surface area contributed by atoms with Gasteiger partial charge in [-0.1, -0.05) is 13.8 Å². The van der Waals surface area contributed by atoms with E-state index in [1.54, 1.807) is 0 Å². The standard InChI is InChI=1S/C10H21N/c1-9(2)10(3,4)11-7-5-6-8-11/h9H,5-8H2,1-4H3. The van der Waals surface area contributed by atoms with Crippen molar-refractivity contribution in [2.24, 2.45) is 5.92 Å². The Bertz CT molecular complexity index is 121. The van der Waals surface area contributed by atoms with Crippen molar-refractivity contribution < 1.29 is 0 Å². The van der Waals surface area contributed by atoms with E-state index in [0.717, 1.165) is 5.92 Å². The lowest BCUT2D eigenvalue weighted by atomic mass is 9.89. The molecule has 1 aliphatic heterocycles. The lowest BCUT2D eigenvalue weighted by Gasteiger charge is -2.39. The third-order valence-corrected chi connectivity index (χ3v) is 3.33. The molecule has 0 unspecified atom stereocenters. The van der Waals surface area contributed by atoms with Crippen LogP contribution in [-0.2, 0) is 0 Å². The molecule has 0 aromatic carbocycles. The summed E-state index contributed by atoms with van der Waals surface area (Å²) < 4.78 is 0. The Labute approximate surface area is 70.8 Å². The minimum atomic E-state index is 0.413. The average molecular weight is 155 g/mol. The van der Waals surface area contributed by atoms with Crippen molar-refractivity contribution in [2.75, 3.05) is 13.1 Å². The van der Waals surface area contributed by atoms with Gasteiger partial charge in [0.25, 0.3) is 0 Å². The van der Waals surface area contributed by atoms with E-state index in [9.17, 15) is 0 Å². The molecule has 0 atom stereocenters. The van der Waals surface area contributed by atoms with Crippen molar-refractivity contribution in [3.05, 3.63) is 0 Å². The first-order valence-corrected chi connectivity index (χ1v) is 4.80. The molecule has 0 N–H and O–H groups in total. The van der Waals surface area contributed by atoms with Gasteiger partial charge in [-0.3, -0.25) is 4.90 Å². The highest BCUT2D eigenvalue weighted by atomic mass is 15.2. The van der Waals surface area contributed by atoms with Crippen LogP contribution in [0.25, 0.3) is 0 Å². The summed E-state index contributed by atoms with van der Waals surface area (Å²) in [5.41, 5.74) is 0.413. The molecule has 1 rings (SSSR count). The van der Waals surface area contributed by atoms with Crippen LogP contribution in [0.5, 0.6) is 0 Å². The average Bonchev–Trinajstić information content (AvgIpc) is 2.37. The predicted molar refractivity (Wildman–Crippen MR) is 49.7 cm³/mol. The second-order valence-electron chi connectivity index (χ2n) is 4.50. The van der Waals surface area contributed by atoms with Crippen LogP contribution in [0.2, 0.25) is 0 Å². The summed E-state index contributed by atoms with van der Waals surface area (Å²) in [4.78, 5) is 2.62. The van der Waals surface area contributed by atoms with Crippen molar-refractivity contribution in [3.8, 4) is 0 Å². The second-order valence-corrected chi connectivity index (χ2v) is 4.50. The minimum absolute atomic E-state index is 0.413. The lowest BCUT2D eigenvalue weighted by molar-refractivity contribution is 0.104. The smallest absolute Gasteiger partial charge is 0.0176 e. The highest BCUT2D eigenvalue weighted by Gasteiger charge is 2.31. The van der Waals surface area contributed by atoms with Gasteiger partial charge in [0.1, 0.15) is 0 Å². The summed E-state index contributed by atoms with van der Waals surface area (Å²) in [7, 11) is 0. The Morgan fingerprint density at radius 1 is 1.09 bits per heavy atom. The molecule has 11 heavy (non-hydrogen) atoms. The second kappa shape index (κ2) is 3.14. The van der Waals surface area contributed by atoms with E-state index < -0.39 is 0 Å². The van der Waals surface area contributed by atoms with Gasteiger partial charge in [-0.2, -0.15) is 0 Å². The Morgan fingerprint density at radius 3 is 1.91 bits per heavy atom. The van der Waals surface area contributed by atoms with Crippen LogP contribution in [0.4, 0.5) is 0 Å². The van der Waals surface area contributed by atoms with Gasteiger partial charge in [0.05, 0.1) is 0 Å². The van der Waals surface area contributed by atoms with Crippen LogP contribution in [0, 0.1) is 5.92 Å². The zero-order valence-electron chi connectivity index (χ0n) is 8.35. The zero-order chi connectivity index (χ0) is 8.48. The first kappa shape index (κ1) is 9.05. The minimum Gasteiger partial charge on any atom is -0.298 e. The first-order valence-electron chi connectivity index (χ1n) is 4.80. The molecule has 1 saturated heterocycles. The lowest BCUT2D eigenvalue weighted by Crippen LogP contribution is -2.45. The highest BCUT2D eigenvalue weighted by molar-refractivity contribution is 4.86. The molecule has 0 saturated carbocycles. The number of nitrogens with zero attached hydrogens (tertiary/aromatic N) is 1. The summed E-state index contributed by atoms with van der Waals surface area (Å²) in [6.07, 6.45) is 2.80. The zero-order valence-corrected chi connectivity index (χ0v) is 8.35. The van der Waals surface area contributed by atoms with E-state index in [-0.39, 0.29) is 0 Å². The van der Waals surface area contributed by atoms with E-state index in [0.29, 0.717) is 5.54 Å². The van der Waals surface area contributed by atoms with Crippen molar-refractivity contribution in [2.45, 2.75) is 46.1 Å². The van der Waals surface area contributed by atoms with E-state index in [4.69, 9.17) is 0 Å². The molecular formula is C10H21N. The molecule has 0 amide bonds. The summed E-state index contributed by atoms with van der Waals surface area (Å²) in [6, 6.07) is 0. The topological polar surface area (TPSA) is 3.24 Å². The monoisotopic (exact) mass is 155 g/mol. The molecule has 0 spiro atoms. The van der Waals surface area contributed by atoms with E-state index in [1.807, 2.05) is 0 Å². The largest absolute Gasteiger partial charge is 0.298 e. The fraction of sp³-hybridized carbons (Fsp3) is 1.00. The normalized spacial score (nSPS) is 21.5. The molecule has 1 aliphatic rings. The van der Waals surface area contributed by atoms with Gasteiger partial charge in [0, 0.05) is 5.54 Å². The number of hydrogen-bond donors (Lipinski definition) is 0. The fourth-order valence-corrected chi connectivity index (χ4v) is 1.66. The summed E-state index contributed by atoms with van der Waals surface area (Å²) >= 11 is 0. The first-order chi connectivity index (χ1) is 5.05. The van der Waals surface area contributed by atoms with Gasteiger partial charge in [0.15, 0.2) is 0 Å². The third-order valence-electron chi connectivity index (χ3n) is 3.33. The van der Waals surface area contributed by atoms with Crippen molar-refractivity contribution in [3.63, 3.8) is 0 Å². The molecular weight excluding hydrogens is 134 g/mol. The van der Waals surface area contributed by atoms with E-state index in [1.165, 1.54) is 25.9 Å². The van der Waals surface area contributed by atoms with Crippen LogP contribution in [0.3, 0.4) is 0 Å². The van der Waals surface area contributed by atoms with Crippen molar-refractivity contribution >= 4 is 0 Å². The molecule has 1 heteroatoms. The Morgan fingerprint density at radius 2 is 1.55 bits per heavy atom. The van der Waals surface area contributed by atoms with Crippen LogP contribution < -0.4 is 0 Å².